The lowest BCUT2D eigenvalue weighted by atomic mass is 10.1. The third-order valence-electron chi connectivity index (χ3n) is 6.69. The van der Waals surface area contributed by atoms with Crippen molar-refractivity contribution < 1.29 is 0 Å². The van der Waals surface area contributed by atoms with E-state index in [2.05, 4.69) is 56.2 Å². The zero-order chi connectivity index (χ0) is 26.3. The Morgan fingerprint density at radius 1 is 0.842 bits per heavy atom. The molecule has 3 aromatic heterocycles. The van der Waals surface area contributed by atoms with Gasteiger partial charge < -0.3 is 11.1 Å². The van der Waals surface area contributed by atoms with Crippen LogP contribution in [0.25, 0.3) is 39.5 Å². The quantitative estimate of drug-likeness (QED) is 0.326. The molecule has 6 rings (SSSR count). The van der Waals surface area contributed by atoms with Gasteiger partial charge in [0.05, 0.1) is 11.3 Å². The molecule has 0 atom stereocenters. The summed E-state index contributed by atoms with van der Waals surface area (Å²) in [5, 5.41) is 3.48. The van der Waals surface area contributed by atoms with Crippen LogP contribution in [0, 0.1) is 0 Å². The van der Waals surface area contributed by atoms with Crippen molar-refractivity contribution in [1.82, 2.24) is 29.7 Å². The Labute approximate surface area is 224 Å². The molecule has 1 aliphatic rings. The van der Waals surface area contributed by atoms with Crippen LogP contribution in [0.4, 0.5) is 5.82 Å². The number of hydrogen-bond donors (Lipinski definition) is 2. The first-order valence-corrected chi connectivity index (χ1v) is 13.4. The topological polar surface area (TPSA) is 84.9 Å². The predicted molar refractivity (Wildman–Crippen MR) is 156 cm³/mol. The predicted octanol–water partition coefficient (Wildman–Crippen LogP) is 5.55. The Kier molecular flexibility index (Phi) is 8.06. The SMILES string of the molecule is CC.Nc1ncccc1-c1nc2ccc(-c3ccccc3)nc2n1-c1ccc(CN2CCCNCC2)cc1. The van der Waals surface area contributed by atoms with Gasteiger partial charge in [-0.2, -0.15) is 0 Å². The van der Waals surface area contributed by atoms with Crippen molar-refractivity contribution in [1.29, 1.82) is 0 Å². The van der Waals surface area contributed by atoms with Crippen LogP contribution < -0.4 is 11.1 Å². The molecule has 0 radical (unpaired) electrons. The van der Waals surface area contributed by atoms with Gasteiger partial charge in [0.15, 0.2) is 11.5 Å². The van der Waals surface area contributed by atoms with Crippen molar-refractivity contribution in [3.05, 3.63) is 90.6 Å². The summed E-state index contributed by atoms with van der Waals surface area (Å²) in [5.74, 6) is 1.18. The summed E-state index contributed by atoms with van der Waals surface area (Å²) < 4.78 is 2.09. The first-order chi connectivity index (χ1) is 18.8. The van der Waals surface area contributed by atoms with Gasteiger partial charge in [-0.1, -0.05) is 56.3 Å². The van der Waals surface area contributed by atoms with E-state index in [0.717, 1.165) is 72.2 Å². The molecule has 0 unspecified atom stereocenters. The lowest BCUT2D eigenvalue weighted by molar-refractivity contribution is 0.284. The number of fused-ring (bicyclic) bond motifs is 1. The minimum atomic E-state index is 0.448. The lowest BCUT2D eigenvalue weighted by Gasteiger charge is -2.19. The number of aromatic nitrogens is 4. The van der Waals surface area contributed by atoms with Crippen LogP contribution in [-0.2, 0) is 6.54 Å². The molecule has 2 aromatic carbocycles. The molecule has 1 fully saturated rings. The van der Waals surface area contributed by atoms with Gasteiger partial charge in [-0.25, -0.2) is 15.0 Å². The first kappa shape index (κ1) is 25.6. The fourth-order valence-corrected chi connectivity index (χ4v) is 4.83. The van der Waals surface area contributed by atoms with Gasteiger partial charge in [0.2, 0.25) is 0 Å². The Bertz CT molecular complexity index is 1470. The van der Waals surface area contributed by atoms with Gasteiger partial charge in [-0.05, 0) is 61.5 Å². The van der Waals surface area contributed by atoms with Crippen LogP contribution in [0.2, 0.25) is 0 Å². The summed E-state index contributed by atoms with van der Waals surface area (Å²) in [7, 11) is 0. The largest absolute Gasteiger partial charge is 0.383 e. The van der Waals surface area contributed by atoms with Crippen LogP contribution >= 0.6 is 0 Å². The fraction of sp³-hybridized carbons (Fsp3) is 0.258. The van der Waals surface area contributed by atoms with Crippen molar-refractivity contribution in [3.63, 3.8) is 0 Å². The van der Waals surface area contributed by atoms with E-state index in [-0.39, 0.29) is 0 Å². The van der Waals surface area contributed by atoms with E-state index >= 15 is 0 Å². The first-order valence-electron chi connectivity index (χ1n) is 13.4. The van der Waals surface area contributed by atoms with E-state index < -0.39 is 0 Å². The molecular weight excluding hydrogens is 470 g/mol. The van der Waals surface area contributed by atoms with Gasteiger partial charge in [0.25, 0.3) is 0 Å². The van der Waals surface area contributed by atoms with Gasteiger partial charge in [-0.15, -0.1) is 0 Å². The number of nitrogen functional groups attached to an aromatic ring is 1. The highest BCUT2D eigenvalue weighted by Crippen LogP contribution is 2.31. The number of nitrogens with two attached hydrogens (primary N) is 1. The lowest BCUT2D eigenvalue weighted by Crippen LogP contribution is -2.27. The van der Waals surface area contributed by atoms with Gasteiger partial charge >= 0.3 is 0 Å². The molecule has 0 spiro atoms. The maximum atomic E-state index is 6.29. The van der Waals surface area contributed by atoms with Crippen LogP contribution in [0.3, 0.4) is 0 Å². The molecule has 38 heavy (non-hydrogen) atoms. The standard InChI is InChI=1S/C29H29N7.C2H6/c30-27-24(8-4-16-32-27)28-34-26-14-13-25(22-6-2-1-3-7-22)33-29(26)36(28)23-11-9-21(10-12-23)20-35-18-5-15-31-17-19-35;1-2/h1-4,6-14,16,31H,5,15,17-20H2,(H2,30,32);1-2H3. The summed E-state index contributed by atoms with van der Waals surface area (Å²) >= 11 is 0. The van der Waals surface area contributed by atoms with Gasteiger partial charge in [0, 0.05) is 37.1 Å². The summed E-state index contributed by atoms with van der Waals surface area (Å²) in [4.78, 5) is 16.8. The third-order valence-corrected chi connectivity index (χ3v) is 6.69. The molecular formula is C31H35N7. The van der Waals surface area contributed by atoms with Crippen molar-refractivity contribution in [2.45, 2.75) is 26.8 Å². The molecule has 3 N–H and O–H groups in total. The van der Waals surface area contributed by atoms with E-state index in [1.54, 1.807) is 6.20 Å². The van der Waals surface area contributed by atoms with Crippen molar-refractivity contribution in [2.24, 2.45) is 0 Å². The van der Waals surface area contributed by atoms with Crippen LogP contribution in [0.5, 0.6) is 0 Å². The van der Waals surface area contributed by atoms with Crippen LogP contribution in [0.1, 0.15) is 25.8 Å². The Morgan fingerprint density at radius 2 is 1.66 bits per heavy atom. The normalized spacial score (nSPS) is 14.1. The minimum absolute atomic E-state index is 0.448. The number of pyridine rings is 2. The van der Waals surface area contributed by atoms with Gasteiger partial charge in [0.1, 0.15) is 11.3 Å². The number of benzene rings is 2. The number of anilines is 1. The van der Waals surface area contributed by atoms with E-state index in [1.807, 2.05) is 56.3 Å². The molecule has 1 saturated heterocycles. The number of nitrogens with one attached hydrogen (secondary N) is 1. The van der Waals surface area contributed by atoms with Crippen molar-refractivity contribution in [3.8, 4) is 28.3 Å². The smallest absolute Gasteiger partial charge is 0.165 e. The zero-order valence-corrected chi connectivity index (χ0v) is 22.1. The second-order valence-corrected chi connectivity index (χ2v) is 9.16. The molecule has 7 heteroatoms. The summed E-state index contributed by atoms with van der Waals surface area (Å²) in [6, 6.07) is 26.8. The van der Waals surface area contributed by atoms with Gasteiger partial charge in [-0.3, -0.25) is 9.47 Å². The average Bonchev–Trinajstić information content (AvgIpc) is 3.15. The molecule has 4 heterocycles. The molecule has 7 nitrogen and oxygen atoms in total. The second-order valence-electron chi connectivity index (χ2n) is 9.16. The summed E-state index contributed by atoms with van der Waals surface area (Å²) in [6.45, 7) is 9.29. The summed E-state index contributed by atoms with van der Waals surface area (Å²) in [6.07, 6.45) is 2.88. The van der Waals surface area contributed by atoms with Crippen molar-refractivity contribution >= 4 is 17.0 Å². The Hall–Kier alpha value is -4.07. The number of nitrogens with zero attached hydrogens (tertiary/aromatic N) is 5. The second kappa shape index (κ2) is 12.0. The maximum Gasteiger partial charge on any atom is 0.165 e. The Balaban J connectivity index is 0.00000144. The molecule has 0 saturated carbocycles. The summed E-state index contributed by atoms with van der Waals surface area (Å²) in [5.41, 5.74) is 12.9. The van der Waals surface area contributed by atoms with E-state index in [1.165, 1.54) is 12.0 Å². The fourth-order valence-electron chi connectivity index (χ4n) is 4.83. The maximum absolute atomic E-state index is 6.29. The molecule has 194 valence electrons. The Morgan fingerprint density at radius 3 is 2.45 bits per heavy atom. The molecule has 1 aliphatic heterocycles. The zero-order valence-electron chi connectivity index (χ0n) is 22.1. The third kappa shape index (κ3) is 5.44. The molecule has 0 bridgehead atoms. The van der Waals surface area contributed by atoms with E-state index in [4.69, 9.17) is 15.7 Å². The highest BCUT2D eigenvalue weighted by Gasteiger charge is 2.19. The van der Waals surface area contributed by atoms with E-state index in [9.17, 15) is 0 Å². The highest BCUT2D eigenvalue weighted by atomic mass is 15.2. The van der Waals surface area contributed by atoms with E-state index in [0.29, 0.717) is 5.82 Å². The number of imidazole rings is 1. The molecule has 0 amide bonds. The highest BCUT2D eigenvalue weighted by molar-refractivity contribution is 5.84. The molecule has 0 aliphatic carbocycles. The number of rotatable bonds is 5. The number of hydrogen-bond acceptors (Lipinski definition) is 6. The molecule has 5 aromatic rings. The van der Waals surface area contributed by atoms with Crippen molar-refractivity contribution in [2.75, 3.05) is 31.9 Å². The van der Waals surface area contributed by atoms with Crippen LogP contribution in [0.15, 0.2) is 85.1 Å². The van der Waals surface area contributed by atoms with Crippen LogP contribution in [-0.4, -0.2) is 50.6 Å². The minimum Gasteiger partial charge on any atom is -0.383 e. The average molecular weight is 506 g/mol. The monoisotopic (exact) mass is 505 g/mol.